The van der Waals surface area contributed by atoms with Crippen molar-refractivity contribution in [2.24, 2.45) is 0 Å². The number of hydrogen-bond donors (Lipinski definition) is 1. The van der Waals surface area contributed by atoms with E-state index in [0.29, 0.717) is 0 Å². The second-order valence-electron chi connectivity index (χ2n) is 4.18. The van der Waals surface area contributed by atoms with Gasteiger partial charge in [-0.1, -0.05) is 6.07 Å². The Balaban J connectivity index is 2.83. The lowest BCUT2D eigenvalue weighted by atomic mass is 10.2. The van der Waals surface area contributed by atoms with Crippen molar-refractivity contribution in [3.63, 3.8) is 0 Å². The Bertz CT molecular complexity index is 430. The summed E-state index contributed by atoms with van der Waals surface area (Å²) in [7, 11) is 3.18. The lowest BCUT2D eigenvalue weighted by molar-refractivity contribution is -0.137. The summed E-state index contributed by atoms with van der Waals surface area (Å²) in [5.41, 5.74) is -0.468. The summed E-state index contributed by atoms with van der Waals surface area (Å²) in [5.74, 6) is -0.201. The normalized spacial score (nSPS) is 13.0. The quantitative estimate of drug-likeness (QED) is 0.906. The molecule has 1 amide bonds. The Kier molecular flexibility index (Phi) is 4.21. The highest BCUT2D eigenvalue weighted by Gasteiger charge is 2.30. The maximum Gasteiger partial charge on any atom is 0.416 e. The van der Waals surface area contributed by atoms with Crippen LogP contribution in [-0.4, -0.2) is 30.9 Å². The van der Waals surface area contributed by atoms with E-state index in [-0.39, 0.29) is 11.6 Å². The van der Waals surface area contributed by atoms with Gasteiger partial charge in [0, 0.05) is 19.8 Å². The van der Waals surface area contributed by atoms with Crippen LogP contribution >= 0.6 is 0 Å². The van der Waals surface area contributed by atoms with Crippen LogP contribution in [-0.2, 0) is 11.0 Å². The molecule has 1 atom stereocenters. The molecule has 0 saturated heterocycles. The van der Waals surface area contributed by atoms with Crippen molar-refractivity contribution in [1.82, 2.24) is 4.90 Å². The molecule has 100 valence electrons. The Labute approximate surface area is 104 Å². The summed E-state index contributed by atoms with van der Waals surface area (Å²) in [6.45, 7) is 1.60. The molecular weight excluding hydrogens is 245 g/mol. The third kappa shape index (κ3) is 3.65. The molecule has 0 heterocycles. The standard InChI is InChI=1S/C12H15F3N2O/c1-8(11(18)17(2)3)16-10-6-4-5-9(7-10)12(13,14)15/h4-8,16H,1-3H3. The molecule has 18 heavy (non-hydrogen) atoms. The average molecular weight is 260 g/mol. The Hall–Kier alpha value is -1.72. The van der Waals surface area contributed by atoms with Crippen LogP contribution in [0.15, 0.2) is 24.3 Å². The van der Waals surface area contributed by atoms with Gasteiger partial charge < -0.3 is 10.2 Å². The van der Waals surface area contributed by atoms with Crippen LogP contribution in [0, 0.1) is 0 Å². The topological polar surface area (TPSA) is 32.3 Å². The molecule has 0 radical (unpaired) electrons. The molecule has 1 aromatic carbocycles. The average Bonchev–Trinajstić information content (AvgIpc) is 2.27. The number of amides is 1. The number of nitrogens with one attached hydrogen (secondary N) is 1. The van der Waals surface area contributed by atoms with Crippen molar-refractivity contribution in [2.45, 2.75) is 19.1 Å². The third-order valence-corrected chi connectivity index (χ3v) is 2.38. The molecule has 0 aliphatic rings. The summed E-state index contributed by atoms with van der Waals surface area (Å²) in [6, 6.07) is 4.19. The molecule has 1 rings (SSSR count). The first kappa shape index (κ1) is 14.3. The van der Waals surface area contributed by atoms with E-state index in [9.17, 15) is 18.0 Å². The molecular formula is C12H15F3N2O. The number of alkyl halides is 3. The molecule has 0 aliphatic carbocycles. The SMILES string of the molecule is CC(Nc1cccc(C(F)(F)F)c1)C(=O)N(C)C. The number of benzene rings is 1. The van der Waals surface area contributed by atoms with Gasteiger partial charge in [0.25, 0.3) is 0 Å². The van der Waals surface area contributed by atoms with Crippen LogP contribution in [0.4, 0.5) is 18.9 Å². The minimum Gasteiger partial charge on any atom is -0.374 e. The van der Waals surface area contributed by atoms with E-state index in [2.05, 4.69) is 5.32 Å². The van der Waals surface area contributed by atoms with Crippen LogP contribution in [0.5, 0.6) is 0 Å². The van der Waals surface area contributed by atoms with E-state index in [1.807, 2.05) is 0 Å². The fourth-order valence-electron chi connectivity index (χ4n) is 1.48. The van der Waals surface area contributed by atoms with E-state index >= 15 is 0 Å². The lowest BCUT2D eigenvalue weighted by Crippen LogP contribution is -2.36. The van der Waals surface area contributed by atoms with Crippen LogP contribution in [0.1, 0.15) is 12.5 Å². The zero-order chi connectivity index (χ0) is 13.9. The Morgan fingerprint density at radius 1 is 1.33 bits per heavy atom. The number of likely N-dealkylation sites (N-methyl/N-ethyl adjacent to an activating group) is 1. The van der Waals surface area contributed by atoms with Gasteiger partial charge in [-0.15, -0.1) is 0 Å². The second-order valence-corrected chi connectivity index (χ2v) is 4.18. The summed E-state index contributed by atoms with van der Waals surface area (Å²) in [5, 5.41) is 2.74. The molecule has 1 unspecified atom stereocenters. The molecule has 0 fully saturated rings. The molecule has 0 bridgehead atoms. The van der Waals surface area contributed by atoms with Crippen molar-refractivity contribution >= 4 is 11.6 Å². The largest absolute Gasteiger partial charge is 0.416 e. The highest BCUT2D eigenvalue weighted by Crippen LogP contribution is 2.30. The first-order valence-corrected chi connectivity index (χ1v) is 5.37. The molecule has 3 nitrogen and oxygen atoms in total. The minimum absolute atomic E-state index is 0.201. The fraction of sp³-hybridized carbons (Fsp3) is 0.417. The van der Waals surface area contributed by atoms with Crippen molar-refractivity contribution in [2.75, 3.05) is 19.4 Å². The van der Waals surface area contributed by atoms with Gasteiger partial charge in [-0.2, -0.15) is 13.2 Å². The second kappa shape index (κ2) is 5.29. The van der Waals surface area contributed by atoms with Crippen LogP contribution < -0.4 is 5.32 Å². The monoisotopic (exact) mass is 260 g/mol. The van der Waals surface area contributed by atoms with Gasteiger partial charge in [-0.25, -0.2) is 0 Å². The maximum atomic E-state index is 12.5. The fourth-order valence-corrected chi connectivity index (χ4v) is 1.48. The van der Waals surface area contributed by atoms with Gasteiger partial charge >= 0.3 is 6.18 Å². The highest BCUT2D eigenvalue weighted by molar-refractivity contribution is 5.83. The maximum absolute atomic E-state index is 12.5. The number of rotatable bonds is 3. The van der Waals surface area contributed by atoms with Gasteiger partial charge in [0.15, 0.2) is 0 Å². The van der Waals surface area contributed by atoms with Gasteiger partial charge in [0.1, 0.15) is 6.04 Å². The Morgan fingerprint density at radius 3 is 2.44 bits per heavy atom. The van der Waals surface area contributed by atoms with Crippen LogP contribution in [0.3, 0.4) is 0 Å². The molecule has 1 N–H and O–H groups in total. The molecule has 0 saturated carbocycles. The number of anilines is 1. The predicted molar refractivity (Wildman–Crippen MR) is 63.2 cm³/mol. The number of carbonyl (C=O) groups excluding carboxylic acids is 1. The summed E-state index contributed by atoms with van der Waals surface area (Å²) in [4.78, 5) is 13.0. The predicted octanol–water partition coefficient (Wildman–Crippen LogP) is 2.59. The minimum atomic E-state index is -4.38. The van der Waals surface area contributed by atoms with Crippen molar-refractivity contribution < 1.29 is 18.0 Å². The van der Waals surface area contributed by atoms with E-state index in [1.54, 1.807) is 21.0 Å². The highest BCUT2D eigenvalue weighted by atomic mass is 19.4. The number of carbonyl (C=O) groups is 1. The first-order valence-electron chi connectivity index (χ1n) is 5.37. The van der Waals surface area contributed by atoms with Crippen LogP contribution in [0.2, 0.25) is 0 Å². The molecule has 6 heteroatoms. The first-order chi connectivity index (χ1) is 8.21. The zero-order valence-corrected chi connectivity index (χ0v) is 10.4. The van der Waals surface area contributed by atoms with Crippen molar-refractivity contribution in [1.29, 1.82) is 0 Å². The zero-order valence-electron chi connectivity index (χ0n) is 10.4. The molecule has 1 aromatic rings. The van der Waals surface area contributed by atoms with E-state index in [0.717, 1.165) is 12.1 Å². The summed E-state index contributed by atoms with van der Waals surface area (Å²) >= 11 is 0. The van der Waals surface area contributed by atoms with E-state index < -0.39 is 17.8 Å². The number of halogens is 3. The third-order valence-electron chi connectivity index (χ3n) is 2.38. The Morgan fingerprint density at radius 2 is 1.94 bits per heavy atom. The number of hydrogen-bond acceptors (Lipinski definition) is 2. The molecule has 0 spiro atoms. The van der Waals surface area contributed by atoms with Gasteiger partial charge in [-0.05, 0) is 25.1 Å². The van der Waals surface area contributed by atoms with Crippen molar-refractivity contribution in [3.05, 3.63) is 29.8 Å². The molecule has 0 aromatic heterocycles. The summed E-state index contributed by atoms with van der Waals surface area (Å²) < 4.78 is 37.5. The van der Waals surface area contributed by atoms with Crippen molar-refractivity contribution in [3.8, 4) is 0 Å². The van der Waals surface area contributed by atoms with E-state index in [4.69, 9.17) is 0 Å². The van der Waals surface area contributed by atoms with Gasteiger partial charge in [0.05, 0.1) is 5.56 Å². The summed E-state index contributed by atoms with van der Waals surface area (Å²) in [6.07, 6.45) is -4.38. The lowest BCUT2D eigenvalue weighted by Gasteiger charge is -2.19. The number of nitrogens with zero attached hydrogens (tertiary/aromatic N) is 1. The van der Waals surface area contributed by atoms with Gasteiger partial charge in [0.2, 0.25) is 5.91 Å². The van der Waals surface area contributed by atoms with E-state index in [1.165, 1.54) is 17.0 Å². The smallest absolute Gasteiger partial charge is 0.374 e. The van der Waals surface area contributed by atoms with Gasteiger partial charge in [-0.3, -0.25) is 4.79 Å². The molecule has 0 aliphatic heterocycles. The van der Waals surface area contributed by atoms with Crippen LogP contribution in [0.25, 0.3) is 0 Å².